The van der Waals surface area contributed by atoms with Crippen LogP contribution in [0.5, 0.6) is 5.75 Å². The van der Waals surface area contributed by atoms with Gasteiger partial charge in [-0.25, -0.2) is 4.39 Å². The summed E-state index contributed by atoms with van der Waals surface area (Å²) >= 11 is 1.51. The van der Waals surface area contributed by atoms with Crippen LogP contribution in [0.2, 0.25) is 0 Å². The first-order chi connectivity index (χ1) is 13.1. The lowest BCUT2D eigenvalue weighted by molar-refractivity contribution is -0.384. The minimum atomic E-state index is -0.448. The van der Waals surface area contributed by atoms with Crippen LogP contribution in [0.1, 0.15) is 6.42 Å². The summed E-state index contributed by atoms with van der Waals surface area (Å²) in [7, 11) is 1.80. The van der Waals surface area contributed by atoms with E-state index >= 15 is 0 Å². The number of halogens is 1. The lowest BCUT2D eigenvalue weighted by Gasteiger charge is -2.06. The number of aromatic nitrogens is 3. The van der Waals surface area contributed by atoms with Gasteiger partial charge in [0.1, 0.15) is 11.6 Å². The summed E-state index contributed by atoms with van der Waals surface area (Å²) in [6.45, 7) is 0.475. The van der Waals surface area contributed by atoms with Gasteiger partial charge in [0.25, 0.3) is 5.69 Å². The first-order valence-electron chi connectivity index (χ1n) is 8.20. The maximum atomic E-state index is 13.9. The van der Waals surface area contributed by atoms with Crippen molar-refractivity contribution in [1.29, 1.82) is 0 Å². The highest BCUT2D eigenvalue weighted by atomic mass is 32.2. The van der Waals surface area contributed by atoms with Crippen LogP contribution >= 0.6 is 11.8 Å². The van der Waals surface area contributed by atoms with E-state index in [4.69, 9.17) is 4.74 Å². The molecule has 9 heteroatoms. The standard InChI is InChI=1S/C18H17FN4O3S/c1-22-17(15-5-2-3-6-16(15)19)20-21-18(22)27-12-4-11-26-14-9-7-13(8-10-14)23(24)25/h2-3,5-10H,4,11-12H2,1H3. The molecule has 2 aromatic carbocycles. The number of ether oxygens (including phenoxy) is 1. The Morgan fingerprint density at radius 1 is 1.19 bits per heavy atom. The van der Waals surface area contributed by atoms with Gasteiger partial charge >= 0.3 is 0 Å². The van der Waals surface area contributed by atoms with Crippen LogP contribution in [-0.2, 0) is 7.05 Å². The highest BCUT2D eigenvalue weighted by molar-refractivity contribution is 7.99. The molecule has 3 aromatic rings. The fourth-order valence-electron chi connectivity index (χ4n) is 2.39. The molecule has 0 saturated carbocycles. The molecule has 0 fully saturated rings. The number of thioether (sulfide) groups is 1. The fraction of sp³-hybridized carbons (Fsp3) is 0.222. The molecule has 140 valence electrons. The van der Waals surface area contributed by atoms with Crippen molar-refractivity contribution in [2.45, 2.75) is 11.6 Å². The third-order valence-electron chi connectivity index (χ3n) is 3.79. The van der Waals surface area contributed by atoms with Crippen molar-refractivity contribution in [2.75, 3.05) is 12.4 Å². The fourth-order valence-corrected chi connectivity index (χ4v) is 3.22. The van der Waals surface area contributed by atoms with Crippen LogP contribution in [0.3, 0.4) is 0 Å². The zero-order valence-electron chi connectivity index (χ0n) is 14.5. The number of rotatable bonds is 8. The van der Waals surface area contributed by atoms with Gasteiger partial charge in [0, 0.05) is 24.9 Å². The summed E-state index contributed by atoms with van der Waals surface area (Å²) in [4.78, 5) is 10.2. The quantitative estimate of drug-likeness (QED) is 0.250. The third-order valence-corrected chi connectivity index (χ3v) is 4.89. The second kappa shape index (κ2) is 8.63. The molecular formula is C18H17FN4O3S. The summed E-state index contributed by atoms with van der Waals surface area (Å²) in [5.74, 6) is 1.49. The highest BCUT2D eigenvalue weighted by Gasteiger charge is 2.14. The molecule has 0 aliphatic rings. The van der Waals surface area contributed by atoms with Gasteiger partial charge < -0.3 is 9.30 Å². The third kappa shape index (κ3) is 4.62. The zero-order valence-corrected chi connectivity index (χ0v) is 15.4. The Labute approximate surface area is 159 Å². The summed E-state index contributed by atoms with van der Waals surface area (Å²) in [5.41, 5.74) is 0.451. The number of hydrogen-bond donors (Lipinski definition) is 0. The summed E-state index contributed by atoms with van der Waals surface area (Å²) in [6.07, 6.45) is 0.754. The average Bonchev–Trinajstić information content (AvgIpc) is 3.03. The van der Waals surface area contributed by atoms with Gasteiger partial charge in [0.15, 0.2) is 11.0 Å². The van der Waals surface area contributed by atoms with Crippen LogP contribution in [-0.4, -0.2) is 32.0 Å². The summed E-state index contributed by atoms with van der Waals surface area (Å²) in [6, 6.07) is 12.4. The van der Waals surface area contributed by atoms with Crippen molar-refractivity contribution >= 4 is 17.4 Å². The number of nitro groups is 1. The second-order valence-electron chi connectivity index (χ2n) is 5.65. The summed E-state index contributed by atoms with van der Waals surface area (Å²) < 4.78 is 21.2. The minimum Gasteiger partial charge on any atom is -0.494 e. The number of benzene rings is 2. The SMILES string of the molecule is Cn1c(SCCCOc2ccc([N+](=O)[O-])cc2)nnc1-c1ccccc1F. The molecule has 7 nitrogen and oxygen atoms in total. The van der Waals surface area contributed by atoms with Crippen LogP contribution < -0.4 is 4.74 Å². The normalized spacial score (nSPS) is 10.7. The summed E-state index contributed by atoms with van der Waals surface area (Å²) in [5, 5.41) is 19.5. The minimum absolute atomic E-state index is 0.0332. The van der Waals surface area contributed by atoms with Crippen molar-refractivity contribution in [3.8, 4) is 17.1 Å². The van der Waals surface area contributed by atoms with E-state index in [1.165, 1.54) is 30.0 Å². The lowest BCUT2D eigenvalue weighted by Crippen LogP contribution is -2.00. The Kier molecular flexibility index (Phi) is 6.02. The molecule has 0 aliphatic heterocycles. The predicted octanol–water partition coefficient (Wildman–Crippen LogP) is 4.09. The number of nitrogens with zero attached hydrogens (tertiary/aromatic N) is 4. The molecular weight excluding hydrogens is 371 g/mol. The topological polar surface area (TPSA) is 83.1 Å². The van der Waals surface area contributed by atoms with Crippen LogP contribution in [0.15, 0.2) is 53.7 Å². The molecule has 0 aliphatic carbocycles. The average molecular weight is 388 g/mol. The van der Waals surface area contributed by atoms with E-state index in [2.05, 4.69) is 10.2 Å². The van der Waals surface area contributed by atoms with E-state index in [-0.39, 0.29) is 11.5 Å². The number of hydrogen-bond acceptors (Lipinski definition) is 6. The molecule has 0 unspecified atom stereocenters. The monoisotopic (exact) mass is 388 g/mol. The van der Waals surface area contributed by atoms with Gasteiger partial charge in [-0.1, -0.05) is 23.9 Å². The first-order valence-corrected chi connectivity index (χ1v) is 9.19. The largest absolute Gasteiger partial charge is 0.494 e. The molecule has 0 amide bonds. The molecule has 0 bridgehead atoms. The molecule has 0 saturated heterocycles. The Morgan fingerprint density at radius 2 is 1.93 bits per heavy atom. The Bertz CT molecular complexity index is 931. The van der Waals surface area contributed by atoms with E-state index in [9.17, 15) is 14.5 Å². The van der Waals surface area contributed by atoms with Crippen molar-refractivity contribution in [3.63, 3.8) is 0 Å². The van der Waals surface area contributed by atoms with Crippen LogP contribution in [0.4, 0.5) is 10.1 Å². The van der Waals surface area contributed by atoms with Crippen molar-refractivity contribution in [2.24, 2.45) is 7.05 Å². The van der Waals surface area contributed by atoms with E-state index in [0.29, 0.717) is 28.9 Å². The van der Waals surface area contributed by atoms with Crippen molar-refractivity contribution in [1.82, 2.24) is 14.8 Å². The molecule has 0 N–H and O–H groups in total. The maximum Gasteiger partial charge on any atom is 0.269 e. The first kappa shape index (κ1) is 18.8. The zero-order chi connectivity index (χ0) is 19.2. The smallest absolute Gasteiger partial charge is 0.269 e. The molecule has 27 heavy (non-hydrogen) atoms. The van der Waals surface area contributed by atoms with Crippen molar-refractivity contribution in [3.05, 3.63) is 64.5 Å². The van der Waals surface area contributed by atoms with Crippen LogP contribution in [0, 0.1) is 15.9 Å². The number of nitro benzene ring substituents is 1. The molecule has 3 rings (SSSR count). The van der Waals surface area contributed by atoms with E-state index in [0.717, 1.165) is 12.2 Å². The maximum absolute atomic E-state index is 13.9. The lowest BCUT2D eigenvalue weighted by atomic mass is 10.2. The van der Waals surface area contributed by atoms with Gasteiger partial charge in [0.05, 0.1) is 17.1 Å². The van der Waals surface area contributed by atoms with Gasteiger partial charge in [-0.05, 0) is 30.7 Å². The predicted molar refractivity (Wildman–Crippen MR) is 100 cm³/mol. The van der Waals surface area contributed by atoms with Crippen molar-refractivity contribution < 1.29 is 14.1 Å². The Balaban J connectivity index is 1.48. The molecule has 0 radical (unpaired) electrons. The second-order valence-corrected chi connectivity index (χ2v) is 6.71. The van der Waals surface area contributed by atoms with Gasteiger partial charge in [-0.2, -0.15) is 0 Å². The molecule has 0 spiro atoms. The Morgan fingerprint density at radius 3 is 2.63 bits per heavy atom. The Hall–Kier alpha value is -2.94. The van der Waals surface area contributed by atoms with E-state index in [1.54, 1.807) is 41.9 Å². The van der Waals surface area contributed by atoms with Gasteiger partial charge in [0.2, 0.25) is 0 Å². The van der Waals surface area contributed by atoms with Crippen LogP contribution in [0.25, 0.3) is 11.4 Å². The van der Waals surface area contributed by atoms with Gasteiger partial charge in [-0.15, -0.1) is 10.2 Å². The molecule has 1 heterocycles. The number of non-ortho nitro benzene ring substituents is 1. The van der Waals surface area contributed by atoms with E-state index in [1.807, 2.05) is 0 Å². The van der Waals surface area contributed by atoms with E-state index < -0.39 is 4.92 Å². The molecule has 1 aromatic heterocycles. The highest BCUT2D eigenvalue weighted by Crippen LogP contribution is 2.25. The van der Waals surface area contributed by atoms with Gasteiger partial charge in [-0.3, -0.25) is 10.1 Å². The molecule has 0 atom stereocenters.